The summed E-state index contributed by atoms with van der Waals surface area (Å²) in [4.78, 5) is 11.2. The molecule has 19 heavy (non-hydrogen) atoms. The molecule has 3 heterocycles. The maximum atomic E-state index is 11.2. The lowest BCUT2D eigenvalue weighted by Crippen LogP contribution is -2.29. The van der Waals surface area contributed by atoms with Crippen LogP contribution < -0.4 is 0 Å². The minimum atomic E-state index is -0.722. The Bertz CT molecular complexity index is 485. The molecule has 0 amide bonds. The number of carboxylic acid groups (broad SMARTS) is 1. The minimum absolute atomic E-state index is 0.193. The second-order valence-corrected chi connectivity index (χ2v) is 5.37. The van der Waals surface area contributed by atoms with Gasteiger partial charge in [0, 0.05) is 25.5 Å². The van der Waals surface area contributed by atoms with Crippen molar-refractivity contribution >= 4 is 5.97 Å². The molecule has 3 unspecified atom stereocenters. The number of nitrogens with zero attached hydrogens (tertiary/aromatic N) is 3. The molecule has 0 bridgehead atoms. The van der Waals surface area contributed by atoms with Gasteiger partial charge in [0.1, 0.15) is 11.6 Å². The van der Waals surface area contributed by atoms with Crippen LogP contribution in [0.2, 0.25) is 0 Å². The third-order valence-electron chi connectivity index (χ3n) is 4.27. The molecule has 6 nitrogen and oxygen atoms in total. The maximum Gasteiger partial charge on any atom is 0.308 e. The number of carboxylic acids is 1. The number of ether oxygens (including phenoxy) is 1. The highest BCUT2D eigenvalue weighted by Crippen LogP contribution is 2.34. The Morgan fingerprint density at radius 2 is 2.32 bits per heavy atom. The van der Waals surface area contributed by atoms with Gasteiger partial charge in [-0.3, -0.25) is 4.79 Å². The Balaban J connectivity index is 1.88. The molecule has 1 N–H and O–H groups in total. The van der Waals surface area contributed by atoms with E-state index in [1.807, 2.05) is 4.57 Å². The number of hydrogen-bond donors (Lipinski definition) is 1. The van der Waals surface area contributed by atoms with Crippen LogP contribution in [0.1, 0.15) is 43.8 Å². The van der Waals surface area contributed by atoms with Crippen LogP contribution >= 0.6 is 0 Å². The predicted molar refractivity (Wildman–Crippen MR) is 66.9 cm³/mol. The molecule has 0 aliphatic carbocycles. The van der Waals surface area contributed by atoms with Gasteiger partial charge in [0.05, 0.1) is 12.0 Å². The van der Waals surface area contributed by atoms with E-state index in [1.54, 1.807) is 0 Å². The standard InChI is InChI=1S/C13H19N3O3/c1-2-10-9(5-6-19-10)12-15-14-11-4-3-8(13(17)18)7-16(11)12/h8-10H,2-7H2,1H3,(H,17,18). The second-order valence-electron chi connectivity index (χ2n) is 5.37. The zero-order valence-corrected chi connectivity index (χ0v) is 11.1. The van der Waals surface area contributed by atoms with Gasteiger partial charge in [-0.15, -0.1) is 10.2 Å². The van der Waals surface area contributed by atoms with Crippen molar-refractivity contribution in [2.24, 2.45) is 5.92 Å². The van der Waals surface area contributed by atoms with Crippen LogP contribution in [0.4, 0.5) is 0 Å². The summed E-state index contributed by atoms with van der Waals surface area (Å²) >= 11 is 0. The number of aliphatic carboxylic acids is 1. The van der Waals surface area contributed by atoms with Crippen molar-refractivity contribution in [1.82, 2.24) is 14.8 Å². The number of rotatable bonds is 3. The first-order valence-corrected chi connectivity index (χ1v) is 6.97. The van der Waals surface area contributed by atoms with Crippen molar-refractivity contribution in [3.05, 3.63) is 11.6 Å². The molecule has 3 rings (SSSR count). The molecule has 6 heteroatoms. The molecule has 1 aromatic rings. The van der Waals surface area contributed by atoms with Gasteiger partial charge in [0.15, 0.2) is 0 Å². The van der Waals surface area contributed by atoms with Gasteiger partial charge in [0.2, 0.25) is 0 Å². The molecule has 2 aliphatic heterocycles. The summed E-state index contributed by atoms with van der Waals surface area (Å²) in [6.07, 6.45) is 3.46. The summed E-state index contributed by atoms with van der Waals surface area (Å²) in [7, 11) is 0. The Hall–Kier alpha value is -1.43. The SMILES string of the molecule is CCC1OCCC1c1nnc2n1CC(C(=O)O)CC2. The molecule has 0 spiro atoms. The number of aryl methyl sites for hydroxylation is 1. The van der Waals surface area contributed by atoms with Crippen LogP contribution in [-0.4, -0.2) is 38.6 Å². The van der Waals surface area contributed by atoms with Crippen LogP contribution in [0.3, 0.4) is 0 Å². The third kappa shape index (κ3) is 2.14. The number of carbonyl (C=O) groups is 1. The Kier molecular flexibility index (Phi) is 3.26. The fraction of sp³-hybridized carbons (Fsp3) is 0.769. The zero-order valence-electron chi connectivity index (χ0n) is 11.1. The zero-order chi connectivity index (χ0) is 13.4. The largest absolute Gasteiger partial charge is 0.481 e. The molecule has 1 saturated heterocycles. The van der Waals surface area contributed by atoms with Crippen molar-refractivity contribution in [3.63, 3.8) is 0 Å². The minimum Gasteiger partial charge on any atom is -0.481 e. The first-order valence-electron chi connectivity index (χ1n) is 6.97. The highest BCUT2D eigenvalue weighted by molar-refractivity contribution is 5.70. The van der Waals surface area contributed by atoms with Crippen molar-refractivity contribution in [3.8, 4) is 0 Å². The van der Waals surface area contributed by atoms with Crippen molar-refractivity contribution < 1.29 is 14.6 Å². The Morgan fingerprint density at radius 1 is 1.47 bits per heavy atom. The Labute approximate surface area is 111 Å². The van der Waals surface area contributed by atoms with Crippen LogP contribution in [0.15, 0.2) is 0 Å². The number of aromatic nitrogens is 3. The van der Waals surface area contributed by atoms with E-state index < -0.39 is 5.97 Å². The van der Waals surface area contributed by atoms with Gasteiger partial charge < -0.3 is 14.4 Å². The van der Waals surface area contributed by atoms with E-state index in [-0.39, 0.29) is 17.9 Å². The van der Waals surface area contributed by atoms with E-state index in [4.69, 9.17) is 4.74 Å². The van der Waals surface area contributed by atoms with Gasteiger partial charge in [-0.1, -0.05) is 6.92 Å². The highest BCUT2D eigenvalue weighted by atomic mass is 16.5. The van der Waals surface area contributed by atoms with E-state index in [0.29, 0.717) is 19.4 Å². The average Bonchev–Trinajstić information content (AvgIpc) is 3.03. The molecule has 0 aromatic carbocycles. The highest BCUT2D eigenvalue weighted by Gasteiger charge is 2.35. The van der Waals surface area contributed by atoms with Gasteiger partial charge >= 0.3 is 5.97 Å². The monoisotopic (exact) mass is 265 g/mol. The molecule has 0 saturated carbocycles. The number of hydrogen-bond acceptors (Lipinski definition) is 4. The van der Waals surface area contributed by atoms with E-state index >= 15 is 0 Å². The summed E-state index contributed by atoms with van der Waals surface area (Å²) in [6, 6.07) is 0. The van der Waals surface area contributed by atoms with Crippen LogP contribution in [-0.2, 0) is 22.5 Å². The first-order chi connectivity index (χ1) is 9.20. The van der Waals surface area contributed by atoms with Crippen molar-refractivity contribution in [2.75, 3.05) is 6.61 Å². The van der Waals surface area contributed by atoms with E-state index in [1.165, 1.54) is 0 Å². The van der Waals surface area contributed by atoms with E-state index in [9.17, 15) is 9.90 Å². The van der Waals surface area contributed by atoms with E-state index in [0.717, 1.165) is 31.1 Å². The summed E-state index contributed by atoms with van der Waals surface area (Å²) in [5.41, 5.74) is 0. The quantitative estimate of drug-likeness (QED) is 0.888. The lowest BCUT2D eigenvalue weighted by Gasteiger charge is -2.23. The second kappa shape index (κ2) is 4.92. The first kappa shape index (κ1) is 12.6. The van der Waals surface area contributed by atoms with Gasteiger partial charge in [-0.2, -0.15) is 0 Å². The van der Waals surface area contributed by atoms with Gasteiger partial charge in [0.25, 0.3) is 0 Å². The lowest BCUT2D eigenvalue weighted by molar-refractivity contribution is -0.142. The fourth-order valence-electron chi connectivity index (χ4n) is 3.17. The lowest BCUT2D eigenvalue weighted by atomic mass is 9.96. The molecule has 3 atom stereocenters. The molecule has 0 radical (unpaired) electrons. The summed E-state index contributed by atoms with van der Waals surface area (Å²) in [5.74, 6) is 1.07. The molecular formula is C13H19N3O3. The fourth-order valence-corrected chi connectivity index (χ4v) is 3.17. The smallest absolute Gasteiger partial charge is 0.308 e. The predicted octanol–water partition coefficient (Wildman–Crippen LogP) is 1.21. The van der Waals surface area contributed by atoms with Crippen molar-refractivity contribution in [1.29, 1.82) is 0 Å². The molecule has 2 aliphatic rings. The topological polar surface area (TPSA) is 77.2 Å². The summed E-state index contributed by atoms with van der Waals surface area (Å²) < 4.78 is 7.72. The van der Waals surface area contributed by atoms with Crippen molar-refractivity contribution in [2.45, 2.75) is 51.2 Å². The van der Waals surface area contributed by atoms with Crippen LogP contribution in [0, 0.1) is 5.92 Å². The van der Waals surface area contributed by atoms with E-state index in [2.05, 4.69) is 17.1 Å². The molecule has 1 aromatic heterocycles. The average molecular weight is 265 g/mol. The normalized spacial score (nSPS) is 30.3. The third-order valence-corrected chi connectivity index (χ3v) is 4.27. The summed E-state index contributed by atoms with van der Waals surface area (Å²) in [6.45, 7) is 3.37. The van der Waals surface area contributed by atoms with Crippen LogP contribution in [0.5, 0.6) is 0 Å². The van der Waals surface area contributed by atoms with Gasteiger partial charge in [-0.25, -0.2) is 0 Å². The van der Waals surface area contributed by atoms with Crippen LogP contribution in [0.25, 0.3) is 0 Å². The molecule has 1 fully saturated rings. The van der Waals surface area contributed by atoms with Gasteiger partial charge in [-0.05, 0) is 19.3 Å². The number of fused-ring (bicyclic) bond motifs is 1. The molecular weight excluding hydrogens is 246 g/mol. The summed E-state index contributed by atoms with van der Waals surface area (Å²) in [5, 5.41) is 17.7. The maximum absolute atomic E-state index is 11.2. The Morgan fingerprint density at radius 3 is 3.05 bits per heavy atom. The molecule has 104 valence electrons.